The van der Waals surface area contributed by atoms with Crippen molar-refractivity contribution >= 4 is 22.5 Å². The van der Waals surface area contributed by atoms with Gasteiger partial charge in [-0.2, -0.15) is 0 Å². The Hall–Kier alpha value is -3.02. The van der Waals surface area contributed by atoms with E-state index >= 15 is 0 Å². The summed E-state index contributed by atoms with van der Waals surface area (Å²) in [7, 11) is 0. The molecule has 2 aliphatic rings. The van der Waals surface area contributed by atoms with Crippen LogP contribution in [-0.4, -0.2) is 34.2 Å². The van der Waals surface area contributed by atoms with Crippen molar-refractivity contribution in [1.82, 2.24) is 0 Å². The number of benzene rings is 3. The van der Waals surface area contributed by atoms with Crippen LogP contribution in [0.15, 0.2) is 60.7 Å². The quantitative estimate of drug-likeness (QED) is 0.460. The van der Waals surface area contributed by atoms with E-state index in [2.05, 4.69) is 6.07 Å². The average molecular weight is 445 g/mol. The zero-order chi connectivity index (χ0) is 23.4. The SMILES string of the molecule is C[C@@H]1C[C@H]2c3ccc4cc(OC(=O)c5ccccc5)ccc4c3CC[C@]2(C)[C@@]1(O)C(=O)CO. The number of aliphatic hydroxyl groups is 2. The maximum Gasteiger partial charge on any atom is 0.343 e. The fourth-order valence-corrected chi connectivity index (χ4v) is 6.34. The van der Waals surface area contributed by atoms with Crippen LogP contribution in [0.2, 0.25) is 0 Å². The van der Waals surface area contributed by atoms with E-state index in [-0.39, 0.29) is 11.8 Å². The van der Waals surface area contributed by atoms with Crippen LogP contribution in [0.4, 0.5) is 0 Å². The number of ether oxygens (including phenoxy) is 1. The molecule has 0 aliphatic heterocycles. The second-order valence-electron chi connectivity index (χ2n) is 9.73. The number of carbonyl (C=O) groups is 2. The number of ketones is 1. The third-order valence-electron chi connectivity index (χ3n) is 8.14. The summed E-state index contributed by atoms with van der Waals surface area (Å²) < 4.78 is 5.58. The zero-order valence-electron chi connectivity index (χ0n) is 18.9. The van der Waals surface area contributed by atoms with E-state index in [0.29, 0.717) is 24.2 Å². The van der Waals surface area contributed by atoms with E-state index in [4.69, 9.17) is 4.74 Å². The van der Waals surface area contributed by atoms with E-state index < -0.39 is 29.4 Å². The molecule has 0 spiro atoms. The van der Waals surface area contributed by atoms with Crippen molar-refractivity contribution in [2.24, 2.45) is 11.3 Å². The molecule has 0 aromatic heterocycles. The molecule has 0 radical (unpaired) electrons. The summed E-state index contributed by atoms with van der Waals surface area (Å²) in [5, 5.41) is 23.1. The van der Waals surface area contributed by atoms with Crippen LogP contribution >= 0.6 is 0 Å². The number of hydrogen-bond acceptors (Lipinski definition) is 5. The van der Waals surface area contributed by atoms with Gasteiger partial charge in [0.25, 0.3) is 0 Å². The van der Waals surface area contributed by atoms with Gasteiger partial charge in [0, 0.05) is 5.41 Å². The molecule has 5 rings (SSSR count). The molecule has 0 unspecified atom stereocenters. The molecule has 3 aromatic rings. The molecule has 1 saturated carbocycles. The lowest BCUT2D eigenvalue weighted by Gasteiger charge is -2.46. The molecule has 5 heteroatoms. The summed E-state index contributed by atoms with van der Waals surface area (Å²) in [6, 6.07) is 18.7. The first-order valence-corrected chi connectivity index (χ1v) is 11.5. The summed E-state index contributed by atoms with van der Waals surface area (Å²) in [5.41, 5.74) is 0.761. The molecule has 2 N–H and O–H groups in total. The van der Waals surface area contributed by atoms with Gasteiger partial charge in [0.05, 0.1) is 5.56 Å². The minimum atomic E-state index is -1.52. The highest BCUT2D eigenvalue weighted by atomic mass is 16.5. The lowest BCUT2D eigenvalue weighted by atomic mass is 9.59. The van der Waals surface area contributed by atoms with Crippen LogP contribution in [0, 0.1) is 11.3 Å². The second-order valence-corrected chi connectivity index (χ2v) is 9.73. The number of Topliss-reactive ketones (excluding diaryl/α,β-unsaturated/α-hetero) is 1. The molecular weight excluding hydrogens is 416 g/mol. The lowest BCUT2D eigenvalue weighted by Crippen LogP contribution is -2.56. The van der Waals surface area contributed by atoms with Crippen molar-refractivity contribution in [1.29, 1.82) is 0 Å². The maximum atomic E-state index is 12.6. The maximum absolute atomic E-state index is 12.6. The molecule has 1 fully saturated rings. The van der Waals surface area contributed by atoms with E-state index in [1.165, 1.54) is 11.1 Å². The van der Waals surface area contributed by atoms with Gasteiger partial charge in [0.2, 0.25) is 0 Å². The zero-order valence-corrected chi connectivity index (χ0v) is 18.9. The highest BCUT2D eigenvalue weighted by molar-refractivity contribution is 5.93. The fraction of sp³-hybridized carbons (Fsp3) is 0.357. The summed E-state index contributed by atoms with van der Waals surface area (Å²) in [5.74, 6) is -0.565. The Bertz CT molecular complexity index is 1250. The Kier molecular flexibility index (Phi) is 5.15. The number of rotatable bonds is 4. The molecule has 4 atom stereocenters. The summed E-state index contributed by atoms with van der Waals surface area (Å²) >= 11 is 0. The molecule has 33 heavy (non-hydrogen) atoms. The minimum Gasteiger partial charge on any atom is -0.423 e. The number of fused-ring (bicyclic) bond motifs is 5. The van der Waals surface area contributed by atoms with Gasteiger partial charge >= 0.3 is 5.97 Å². The second kappa shape index (κ2) is 7.79. The van der Waals surface area contributed by atoms with Gasteiger partial charge in [-0.25, -0.2) is 4.79 Å². The highest BCUT2D eigenvalue weighted by Crippen LogP contribution is 2.63. The fourth-order valence-electron chi connectivity index (χ4n) is 6.34. The number of hydrogen-bond donors (Lipinski definition) is 2. The summed E-state index contributed by atoms with van der Waals surface area (Å²) in [4.78, 5) is 25.0. The normalized spacial score (nSPS) is 28.2. The van der Waals surface area contributed by atoms with Crippen LogP contribution in [-0.2, 0) is 11.2 Å². The van der Waals surface area contributed by atoms with Gasteiger partial charge < -0.3 is 14.9 Å². The Labute approximate surface area is 193 Å². The first-order valence-electron chi connectivity index (χ1n) is 11.5. The Morgan fingerprint density at radius 2 is 1.85 bits per heavy atom. The monoisotopic (exact) mass is 444 g/mol. The average Bonchev–Trinajstić information content (AvgIpc) is 3.05. The Balaban J connectivity index is 1.50. The molecule has 0 saturated heterocycles. The van der Waals surface area contributed by atoms with Crippen molar-refractivity contribution < 1.29 is 24.5 Å². The van der Waals surface area contributed by atoms with Gasteiger partial charge in [-0.15, -0.1) is 0 Å². The molecular formula is C28H28O5. The van der Waals surface area contributed by atoms with Crippen molar-refractivity contribution in [2.45, 2.75) is 44.6 Å². The molecule has 170 valence electrons. The standard InChI is InChI=1S/C28H28O5/c1-17-14-24-23-10-8-19-15-20(33-26(31)18-6-4-3-5-7-18)9-11-21(19)22(23)12-13-27(24,2)28(17,32)25(30)16-29/h3-11,15,17,24,29,32H,12-14,16H2,1-2H3/t17-,24+,27+,28+/m1/s1. The lowest BCUT2D eigenvalue weighted by molar-refractivity contribution is -0.159. The van der Waals surface area contributed by atoms with E-state index in [1.807, 2.05) is 44.2 Å². The first kappa shape index (κ1) is 21.8. The largest absolute Gasteiger partial charge is 0.423 e. The van der Waals surface area contributed by atoms with Gasteiger partial charge in [-0.3, -0.25) is 4.79 Å². The summed E-state index contributed by atoms with van der Waals surface area (Å²) in [6.07, 6.45) is 2.10. The molecule has 2 aliphatic carbocycles. The highest BCUT2D eigenvalue weighted by Gasteiger charge is 2.64. The summed E-state index contributed by atoms with van der Waals surface area (Å²) in [6.45, 7) is 3.26. The van der Waals surface area contributed by atoms with E-state index in [0.717, 1.165) is 17.2 Å². The van der Waals surface area contributed by atoms with E-state index in [1.54, 1.807) is 24.3 Å². The third kappa shape index (κ3) is 3.14. The van der Waals surface area contributed by atoms with Crippen molar-refractivity contribution in [3.05, 3.63) is 77.4 Å². The van der Waals surface area contributed by atoms with Crippen LogP contribution in [0.1, 0.15) is 54.1 Å². The molecule has 3 aromatic carbocycles. The smallest absolute Gasteiger partial charge is 0.343 e. The molecule has 0 amide bonds. The third-order valence-corrected chi connectivity index (χ3v) is 8.14. The molecule has 0 heterocycles. The number of esters is 1. The van der Waals surface area contributed by atoms with Gasteiger partial charge in [0.1, 0.15) is 18.0 Å². The van der Waals surface area contributed by atoms with Crippen molar-refractivity contribution in [3.63, 3.8) is 0 Å². The van der Waals surface area contributed by atoms with Gasteiger partial charge in [0.15, 0.2) is 5.78 Å². The van der Waals surface area contributed by atoms with E-state index in [9.17, 15) is 19.8 Å². The van der Waals surface area contributed by atoms with Crippen molar-refractivity contribution in [3.8, 4) is 5.75 Å². The predicted molar refractivity (Wildman–Crippen MR) is 125 cm³/mol. The van der Waals surface area contributed by atoms with Crippen LogP contribution in [0.3, 0.4) is 0 Å². The number of aliphatic hydroxyl groups excluding tert-OH is 1. The minimum absolute atomic E-state index is 0.0386. The molecule has 5 nitrogen and oxygen atoms in total. The van der Waals surface area contributed by atoms with Crippen molar-refractivity contribution in [2.75, 3.05) is 6.61 Å². The topological polar surface area (TPSA) is 83.8 Å². The number of aryl methyl sites for hydroxylation is 1. The number of carbonyl (C=O) groups excluding carboxylic acids is 2. The van der Waals surface area contributed by atoms with Gasteiger partial charge in [-0.1, -0.05) is 50.2 Å². The predicted octanol–water partition coefficient (Wildman–Crippen LogP) is 4.43. The van der Waals surface area contributed by atoms with Crippen LogP contribution in [0.25, 0.3) is 10.8 Å². The Morgan fingerprint density at radius 1 is 1.09 bits per heavy atom. The first-order chi connectivity index (χ1) is 15.8. The van der Waals surface area contributed by atoms with Gasteiger partial charge in [-0.05, 0) is 77.3 Å². The Morgan fingerprint density at radius 3 is 2.58 bits per heavy atom. The molecule has 0 bridgehead atoms. The van der Waals surface area contributed by atoms with Crippen LogP contribution < -0.4 is 4.74 Å². The van der Waals surface area contributed by atoms with Crippen LogP contribution in [0.5, 0.6) is 5.75 Å².